The zero-order valence-corrected chi connectivity index (χ0v) is 10.8. The van der Waals surface area contributed by atoms with E-state index in [4.69, 9.17) is 4.74 Å². The van der Waals surface area contributed by atoms with Gasteiger partial charge in [0.2, 0.25) is 0 Å². The maximum atomic E-state index is 5.14. The zero-order chi connectivity index (χ0) is 12.8. The summed E-state index contributed by atoms with van der Waals surface area (Å²) in [5.41, 5.74) is 2.49. The second-order valence-corrected chi connectivity index (χ2v) is 4.44. The summed E-state index contributed by atoms with van der Waals surface area (Å²) in [5.74, 6) is 0.901. The number of aromatic amines is 1. The second-order valence-electron chi connectivity index (χ2n) is 4.44. The van der Waals surface area contributed by atoms with Crippen LogP contribution in [0.4, 0.5) is 0 Å². The SMILES string of the molecule is COc1ccc(CC(C)NCc2cn[nH]c2)cc1. The summed E-state index contributed by atoms with van der Waals surface area (Å²) in [6, 6.07) is 8.63. The van der Waals surface area contributed by atoms with E-state index in [2.05, 4.69) is 34.6 Å². The van der Waals surface area contributed by atoms with E-state index in [1.807, 2.05) is 24.5 Å². The van der Waals surface area contributed by atoms with Crippen LogP contribution in [0.15, 0.2) is 36.7 Å². The molecule has 0 saturated carbocycles. The third-order valence-corrected chi connectivity index (χ3v) is 2.91. The monoisotopic (exact) mass is 245 g/mol. The van der Waals surface area contributed by atoms with E-state index in [0.717, 1.165) is 18.7 Å². The smallest absolute Gasteiger partial charge is 0.118 e. The number of hydrogen-bond donors (Lipinski definition) is 2. The lowest BCUT2D eigenvalue weighted by Crippen LogP contribution is -2.27. The first-order chi connectivity index (χ1) is 8.78. The minimum Gasteiger partial charge on any atom is -0.497 e. The lowest BCUT2D eigenvalue weighted by Gasteiger charge is -2.13. The quantitative estimate of drug-likeness (QED) is 0.819. The van der Waals surface area contributed by atoms with E-state index in [9.17, 15) is 0 Å². The molecular formula is C14H19N3O. The molecule has 18 heavy (non-hydrogen) atoms. The van der Waals surface area contributed by atoms with Crippen molar-refractivity contribution < 1.29 is 4.74 Å². The molecule has 1 aromatic heterocycles. The Hall–Kier alpha value is -1.81. The van der Waals surface area contributed by atoms with Gasteiger partial charge in [-0.3, -0.25) is 5.10 Å². The molecule has 0 radical (unpaired) electrons. The second kappa shape index (κ2) is 6.21. The van der Waals surface area contributed by atoms with Gasteiger partial charge in [-0.05, 0) is 31.0 Å². The number of hydrogen-bond acceptors (Lipinski definition) is 3. The Bertz CT molecular complexity index is 450. The molecule has 4 nitrogen and oxygen atoms in total. The lowest BCUT2D eigenvalue weighted by molar-refractivity contribution is 0.414. The molecule has 0 saturated heterocycles. The average molecular weight is 245 g/mol. The molecule has 0 fully saturated rings. The summed E-state index contributed by atoms with van der Waals surface area (Å²) < 4.78 is 5.14. The molecule has 1 heterocycles. The first-order valence-electron chi connectivity index (χ1n) is 6.12. The van der Waals surface area contributed by atoms with Gasteiger partial charge in [-0.2, -0.15) is 5.10 Å². The summed E-state index contributed by atoms with van der Waals surface area (Å²) >= 11 is 0. The molecule has 1 aromatic carbocycles. The largest absolute Gasteiger partial charge is 0.497 e. The normalized spacial score (nSPS) is 12.3. The predicted octanol–water partition coefficient (Wildman–Crippen LogP) is 2.14. The molecule has 0 bridgehead atoms. The molecule has 96 valence electrons. The highest BCUT2D eigenvalue weighted by Gasteiger charge is 2.04. The zero-order valence-electron chi connectivity index (χ0n) is 10.8. The Balaban J connectivity index is 1.80. The van der Waals surface area contributed by atoms with Crippen molar-refractivity contribution in [2.24, 2.45) is 0 Å². The summed E-state index contributed by atoms with van der Waals surface area (Å²) in [7, 11) is 1.68. The van der Waals surface area contributed by atoms with Gasteiger partial charge in [-0.25, -0.2) is 0 Å². The fourth-order valence-electron chi connectivity index (χ4n) is 1.85. The van der Waals surface area contributed by atoms with Crippen molar-refractivity contribution >= 4 is 0 Å². The standard InChI is InChI=1S/C14H19N3O/c1-11(15-8-13-9-16-17-10-13)7-12-3-5-14(18-2)6-4-12/h3-6,9-11,15H,7-8H2,1-2H3,(H,16,17). The number of aromatic nitrogens is 2. The van der Waals surface area contributed by atoms with Crippen LogP contribution in [-0.2, 0) is 13.0 Å². The van der Waals surface area contributed by atoms with Crippen LogP contribution in [0.2, 0.25) is 0 Å². The molecule has 0 aliphatic carbocycles. The maximum absolute atomic E-state index is 5.14. The van der Waals surface area contributed by atoms with E-state index in [1.165, 1.54) is 11.1 Å². The number of benzene rings is 1. The van der Waals surface area contributed by atoms with Gasteiger partial charge in [0.05, 0.1) is 13.3 Å². The van der Waals surface area contributed by atoms with Crippen LogP contribution in [-0.4, -0.2) is 23.3 Å². The van der Waals surface area contributed by atoms with Crippen LogP contribution in [0.3, 0.4) is 0 Å². The fraction of sp³-hybridized carbons (Fsp3) is 0.357. The topological polar surface area (TPSA) is 49.9 Å². The number of methoxy groups -OCH3 is 1. The molecule has 0 amide bonds. The van der Waals surface area contributed by atoms with Crippen LogP contribution < -0.4 is 10.1 Å². The van der Waals surface area contributed by atoms with Crippen molar-refractivity contribution in [3.63, 3.8) is 0 Å². The predicted molar refractivity (Wildman–Crippen MR) is 71.6 cm³/mol. The first kappa shape index (κ1) is 12.6. The van der Waals surface area contributed by atoms with Gasteiger partial charge in [0.1, 0.15) is 5.75 Å². The van der Waals surface area contributed by atoms with Gasteiger partial charge in [0.25, 0.3) is 0 Å². The van der Waals surface area contributed by atoms with Gasteiger partial charge in [-0.1, -0.05) is 12.1 Å². The van der Waals surface area contributed by atoms with Crippen LogP contribution in [0.1, 0.15) is 18.1 Å². The molecule has 2 aromatic rings. The highest BCUT2D eigenvalue weighted by molar-refractivity contribution is 5.27. The van der Waals surface area contributed by atoms with Crippen LogP contribution in [0.5, 0.6) is 5.75 Å². The van der Waals surface area contributed by atoms with Gasteiger partial charge in [-0.15, -0.1) is 0 Å². The first-order valence-corrected chi connectivity index (χ1v) is 6.12. The Morgan fingerprint density at radius 1 is 1.28 bits per heavy atom. The third kappa shape index (κ3) is 3.60. The van der Waals surface area contributed by atoms with Crippen molar-refractivity contribution in [3.05, 3.63) is 47.8 Å². The Labute approximate surface area is 107 Å². The number of nitrogens with one attached hydrogen (secondary N) is 2. The summed E-state index contributed by atoms with van der Waals surface area (Å²) in [4.78, 5) is 0. The van der Waals surface area contributed by atoms with E-state index in [0.29, 0.717) is 6.04 Å². The van der Waals surface area contributed by atoms with E-state index < -0.39 is 0 Å². The molecular weight excluding hydrogens is 226 g/mol. The van der Waals surface area contributed by atoms with Crippen LogP contribution >= 0.6 is 0 Å². The highest BCUT2D eigenvalue weighted by Crippen LogP contribution is 2.12. The Kier molecular flexibility index (Phi) is 4.36. The number of rotatable bonds is 6. The van der Waals surface area contributed by atoms with E-state index >= 15 is 0 Å². The average Bonchev–Trinajstić information content (AvgIpc) is 2.90. The van der Waals surface area contributed by atoms with Crippen molar-refractivity contribution in [1.29, 1.82) is 0 Å². The summed E-state index contributed by atoms with van der Waals surface area (Å²) in [6.07, 6.45) is 4.75. The fourth-order valence-corrected chi connectivity index (χ4v) is 1.85. The number of ether oxygens (including phenoxy) is 1. The lowest BCUT2D eigenvalue weighted by atomic mass is 10.1. The van der Waals surface area contributed by atoms with Gasteiger partial charge in [0.15, 0.2) is 0 Å². The van der Waals surface area contributed by atoms with Crippen molar-refractivity contribution in [1.82, 2.24) is 15.5 Å². The minimum atomic E-state index is 0.424. The van der Waals surface area contributed by atoms with Crippen LogP contribution in [0, 0.1) is 0 Å². The maximum Gasteiger partial charge on any atom is 0.118 e. The molecule has 1 atom stereocenters. The summed E-state index contributed by atoms with van der Waals surface area (Å²) in [5, 5.41) is 10.2. The summed E-state index contributed by atoms with van der Waals surface area (Å²) in [6.45, 7) is 3.03. The Morgan fingerprint density at radius 3 is 2.67 bits per heavy atom. The molecule has 2 rings (SSSR count). The molecule has 2 N–H and O–H groups in total. The van der Waals surface area contributed by atoms with Crippen LogP contribution in [0.25, 0.3) is 0 Å². The van der Waals surface area contributed by atoms with Gasteiger partial charge >= 0.3 is 0 Å². The minimum absolute atomic E-state index is 0.424. The Morgan fingerprint density at radius 2 is 2.06 bits per heavy atom. The van der Waals surface area contributed by atoms with Crippen molar-refractivity contribution in [2.45, 2.75) is 25.9 Å². The molecule has 0 spiro atoms. The highest BCUT2D eigenvalue weighted by atomic mass is 16.5. The molecule has 1 unspecified atom stereocenters. The van der Waals surface area contributed by atoms with Crippen molar-refractivity contribution in [3.8, 4) is 5.75 Å². The van der Waals surface area contributed by atoms with E-state index in [1.54, 1.807) is 7.11 Å². The van der Waals surface area contributed by atoms with Gasteiger partial charge in [0, 0.05) is 24.3 Å². The number of H-pyrrole nitrogens is 1. The molecule has 4 heteroatoms. The molecule has 0 aliphatic heterocycles. The van der Waals surface area contributed by atoms with Crippen molar-refractivity contribution in [2.75, 3.05) is 7.11 Å². The van der Waals surface area contributed by atoms with Gasteiger partial charge < -0.3 is 10.1 Å². The molecule has 0 aliphatic rings. The third-order valence-electron chi connectivity index (χ3n) is 2.91. The number of nitrogens with zero attached hydrogens (tertiary/aromatic N) is 1. The van der Waals surface area contributed by atoms with E-state index in [-0.39, 0.29) is 0 Å².